The number of nitrogens with zero attached hydrogens (tertiary/aromatic N) is 4. The third kappa shape index (κ3) is 10.5. The van der Waals surface area contributed by atoms with Crippen molar-refractivity contribution in [1.82, 2.24) is 19.4 Å². The lowest BCUT2D eigenvalue weighted by molar-refractivity contribution is -0.274. The molecule has 0 spiro atoms. The van der Waals surface area contributed by atoms with Crippen LogP contribution >= 0.6 is 0 Å². The van der Waals surface area contributed by atoms with E-state index in [0.29, 0.717) is 24.4 Å². The predicted octanol–water partition coefficient (Wildman–Crippen LogP) is 8.25. The highest BCUT2D eigenvalue weighted by Crippen LogP contribution is 2.32. The van der Waals surface area contributed by atoms with Crippen LogP contribution < -0.4 is 14.8 Å². The van der Waals surface area contributed by atoms with Crippen LogP contribution in [0.5, 0.6) is 11.5 Å². The van der Waals surface area contributed by atoms with Crippen molar-refractivity contribution >= 4 is 22.9 Å². The fraction of sp³-hybridized carbons (Fsp3) is 0.444. The molecule has 8 nitrogen and oxygen atoms in total. The van der Waals surface area contributed by atoms with Crippen molar-refractivity contribution < 1.29 is 45.0 Å². The number of ether oxygens (including phenoxy) is 2. The number of piperidine rings is 1. The van der Waals surface area contributed by atoms with E-state index in [9.17, 15) is 35.5 Å². The molecular formula is C36H40F7N5O3. The van der Waals surface area contributed by atoms with Gasteiger partial charge in [0.2, 0.25) is 5.95 Å². The van der Waals surface area contributed by atoms with Gasteiger partial charge in [-0.1, -0.05) is 24.3 Å². The first-order valence-corrected chi connectivity index (χ1v) is 16.6. The average molecular weight is 724 g/mol. The second-order valence-corrected chi connectivity index (χ2v) is 12.7. The number of nitrogens with one attached hydrogen (secondary N) is 1. The number of aryl methyl sites for hydroxylation is 1. The number of alkyl halides is 6. The van der Waals surface area contributed by atoms with Crippen molar-refractivity contribution in [1.29, 1.82) is 0 Å². The van der Waals surface area contributed by atoms with Crippen LogP contribution in [-0.2, 0) is 6.54 Å². The van der Waals surface area contributed by atoms with E-state index in [4.69, 9.17) is 4.74 Å². The van der Waals surface area contributed by atoms with E-state index >= 15 is 0 Å². The number of amides is 1. The molecular weight excluding hydrogens is 683 g/mol. The van der Waals surface area contributed by atoms with Crippen molar-refractivity contribution in [3.63, 3.8) is 0 Å². The van der Waals surface area contributed by atoms with Gasteiger partial charge in [0.25, 0.3) is 5.91 Å². The van der Waals surface area contributed by atoms with Gasteiger partial charge in [-0.15, -0.1) is 13.2 Å². The minimum absolute atomic E-state index is 0.0482. The van der Waals surface area contributed by atoms with Gasteiger partial charge in [-0.05, 0) is 80.3 Å². The van der Waals surface area contributed by atoms with E-state index in [1.54, 1.807) is 12.1 Å². The van der Waals surface area contributed by atoms with E-state index in [0.717, 1.165) is 43.1 Å². The maximum Gasteiger partial charge on any atom is 0.573 e. The third-order valence-electron chi connectivity index (χ3n) is 9.04. The number of methoxy groups -OCH3 is 1. The maximum atomic E-state index is 13.8. The van der Waals surface area contributed by atoms with Crippen molar-refractivity contribution in [3.8, 4) is 11.5 Å². The molecule has 2 heterocycles. The van der Waals surface area contributed by atoms with E-state index in [1.807, 2.05) is 28.8 Å². The Bertz CT molecular complexity index is 1750. The van der Waals surface area contributed by atoms with Crippen LogP contribution in [0.1, 0.15) is 53.9 Å². The van der Waals surface area contributed by atoms with Gasteiger partial charge in [-0.2, -0.15) is 13.2 Å². The first kappa shape index (κ1) is 37.7. The number of hydrogen-bond acceptors (Lipinski definition) is 6. The quantitative estimate of drug-likeness (QED) is 0.132. The fourth-order valence-electron chi connectivity index (χ4n) is 6.41. The molecule has 1 unspecified atom stereocenters. The summed E-state index contributed by atoms with van der Waals surface area (Å²) in [6.45, 7) is 2.39. The Morgan fingerprint density at radius 3 is 2.37 bits per heavy atom. The van der Waals surface area contributed by atoms with Crippen LogP contribution in [0, 0.1) is 5.82 Å². The molecule has 0 aliphatic carbocycles. The average Bonchev–Trinajstić information content (AvgIpc) is 3.42. The Kier molecular flexibility index (Phi) is 12.0. The minimum atomic E-state index is -5.01. The second kappa shape index (κ2) is 16.2. The molecule has 1 atom stereocenters. The normalized spacial score (nSPS) is 15.2. The summed E-state index contributed by atoms with van der Waals surface area (Å²) in [5, 5.41) is 3.46. The van der Waals surface area contributed by atoms with Gasteiger partial charge < -0.3 is 29.2 Å². The van der Waals surface area contributed by atoms with Gasteiger partial charge in [0.05, 0.1) is 23.7 Å². The zero-order valence-corrected chi connectivity index (χ0v) is 28.2. The van der Waals surface area contributed by atoms with Crippen LogP contribution in [-0.4, -0.2) is 84.2 Å². The Hall–Kier alpha value is -4.53. The van der Waals surface area contributed by atoms with Gasteiger partial charge in [0, 0.05) is 51.6 Å². The molecule has 0 radical (unpaired) electrons. The minimum Gasteiger partial charge on any atom is -0.497 e. The van der Waals surface area contributed by atoms with Crippen molar-refractivity contribution in [2.45, 2.75) is 63.1 Å². The molecule has 15 heteroatoms. The fourth-order valence-corrected chi connectivity index (χ4v) is 6.41. The topological polar surface area (TPSA) is 71.9 Å². The summed E-state index contributed by atoms with van der Waals surface area (Å²) in [5.41, 5.74) is 1.94. The lowest BCUT2D eigenvalue weighted by Gasteiger charge is -2.34. The largest absolute Gasteiger partial charge is 0.573 e. The molecule has 1 N–H and O–H groups in total. The molecule has 1 amide bonds. The molecule has 0 bridgehead atoms. The van der Waals surface area contributed by atoms with Gasteiger partial charge in [-0.3, -0.25) is 4.79 Å². The lowest BCUT2D eigenvalue weighted by Crippen LogP contribution is -2.40. The highest BCUT2D eigenvalue weighted by atomic mass is 19.4. The van der Waals surface area contributed by atoms with Gasteiger partial charge in [0.15, 0.2) is 0 Å². The highest BCUT2D eigenvalue weighted by molar-refractivity contribution is 5.97. The molecule has 1 aliphatic heterocycles. The smallest absolute Gasteiger partial charge is 0.497 e. The number of halogens is 7. The van der Waals surface area contributed by atoms with Crippen LogP contribution in [0.25, 0.3) is 11.0 Å². The SMILES string of the molecule is COc1ccc(OC(F)(F)F)c(C(=O)N(C)CC(CCN2CCC(Nc3nc4ccccc4n3CCCC(F)(F)F)CC2)c2ccc(F)cc2)c1. The Balaban J connectivity index is 1.22. The summed E-state index contributed by atoms with van der Waals surface area (Å²) in [6.07, 6.45) is -8.10. The molecule has 51 heavy (non-hydrogen) atoms. The van der Waals surface area contributed by atoms with Crippen LogP contribution in [0.2, 0.25) is 0 Å². The molecule has 1 saturated heterocycles. The number of anilines is 1. The van der Waals surface area contributed by atoms with Gasteiger partial charge in [-0.25, -0.2) is 9.37 Å². The first-order chi connectivity index (χ1) is 24.2. The number of imidazole rings is 1. The molecule has 5 rings (SSSR count). The Morgan fingerprint density at radius 1 is 1.00 bits per heavy atom. The maximum absolute atomic E-state index is 13.8. The number of likely N-dealkylation sites (tertiary alicyclic amines) is 1. The number of carbonyl (C=O) groups is 1. The first-order valence-electron chi connectivity index (χ1n) is 16.6. The van der Waals surface area contributed by atoms with Crippen LogP contribution in [0.15, 0.2) is 66.7 Å². The lowest BCUT2D eigenvalue weighted by atomic mass is 9.94. The molecule has 1 fully saturated rings. The summed E-state index contributed by atoms with van der Waals surface area (Å²) < 4.78 is 103. The molecule has 276 valence electrons. The van der Waals surface area contributed by atoms with E-state index in [1.165, 1.54) is 43.3 Å². The molecule has 3 aromatic carbocycles. The molecule has 1 aliphatic rings. The number of rotatable bonds is 14. The van der Waals surface area contributed by atoms with Gasteiger partial charge in [0.1, 0.15) is 17.3 Å². The summed E-state index contributed by atoms with van der Waals surface area (Å²) >= 11 is 0. The monoisotopic (exact) mass is 723 g/mol. The third-order valence-corrected chi connectivity index (χ3v) is 9.04. The number of para-hydroxylation sites is 2. The zero-order valence-electron chi connectivity index (χ0n) is 28.2. The van der Waals surface area contributed by atoms with E-state index in [2.05, 4.69) is 19.9 Å². The van der Waals surface area contributed by atoms with Crippen molar-refractivity contribution in [2.75, 3.05) is 45.7 Å². The molecule has 1 aromatic heterocycles. The second-order valence-electron chi connectivity index (χ2n) is 12.7. The van der Waals surface area contributed by atoms with Crippen LogP contribution in [0.4, 0.5) is 36.7 Å². The summed E-state index contributed by atoms with van der Waals surface area (Å²) in [6, 6.07) is 16.8. The Morgan fingerprint density at radius 2 is 1.71 bits per heavy atom. The summed E-state index contributed by atoms with van der Waals surface area (Å²) in [7, 11) is 2.82. The molecule has 0 saturated carbocycles. The number of fused-ring (bicyclic) bond motifs is 1. The molecule has 4 aromatic rings. The summed E-state index contributed by atoms with van der Waals surface area (Å²) in [4.78, 5) is 21.8. The van der Waals surface area contributed by atoms with E-state index in [-0.39, 0.29) is 42.8 Å². The summed E-state index contributed by atoms with van der Waals surface area (Å²) in [5.74, 6) is -1.31. The van der Waals surface area contributed by atoms with Crippen molar-refractivity contribution in [3.05, 3.63) is 83.7 Å². The predicted molar refractivity (Wildman–Crippen MR) is 179 cm³/mol. The van der Waals surface area contributed by atoms with Crippen LogP contribution in [0.3, 0.4) is 0 Å². The number of carbonyl (C=O) groups excluding carboxylic acids is 1. The number of hydrogen-bond donors (Lipinski definition) is 1. The standard InChI is InChI=1S/C36H40F7N5O3/c1-46(33(49)29-22-28(50-2)12-13-32(29)51-36(41,42)43)23-25(24-8-10-26(37)11-9-24)14-19-47-20-15-27(16-21-47)44-34-45-30-6-3-4-7-31(30)48(34)18-5-17-35(38,39)40/h3-4,6-13,22,25,27H,5,14-21,23H2,1-2H3,(H,44,45). The number of benzene rings is 3. The number of likely N-dealkylation sites (N-methyl/N-ethyl adjacent to an activating group) is 1. The zero-order chi connectivity index (χ0) is 36.8. The number of aromatic nitrogens is 2. The van der Waals surface area contributed by atoms with E-state index < -0.39 is 36.4 Å². The van der Waals surface area contributed by atoms with Crippen molar-refractivity contribution in [2.24, 2.45) is 0 Å². The Labute approximate surface area is 291 Å². The van der Waals surface area contributed by atoms with Gasteiger partial charge >= 0.3 is 12.5 Å². The highest BCUT2D eigenvalue weighted by Gasteiger charge is 2.34.